The van der Waals surface area contributed by atoms with Gasteiger partial charge in [0.25, 0.3) is 0 Å². The van der Waals surface area contributed by atoms with Crippen molar-refractivity contribution in [2.45, 2.75) is 19.4 Å². The molecule has 4 heteroatoms. The van der Waals surface area contributed by atoms with Crippen LogP contribution in [-0.2, 0) is 6.42 Å². The molecule has 0 aliphatic heterocycles. The van der Waals surface area contributed by atoms with Gasteiger partial charge in [-0.1, -0.05) is 39.7 Å². The van der Waals surface area contributed by atoms with Crippen LogP contribution in [0.4, 0.5) is 4.39 Å². The first-order valence-electron chi connectivity index (χ1n) is 5.85. The maximum Gasteiger partial charge on any atom is 0.142 e. The summed E-state index contributed by atoms with van der Waals surface area (Å²) in [6.45, 7) is 1.94. The van der Waals surface area contributed by atoms with E-state index >= 15 is 0 Å². The molecule has 0 bridgehead atoms. The van der Waals surface area contributed by atoms with Gasteiger partial charge in [0.2, 0.25) is 0 Å². The van der Waals surface area contributed by atoms with Gasteiger partial charge in [-0.3, -0.25) is 0 Å². The minimum absolute atomic E-state index is 0.0943. The summed E-state index contributed by atoms with van der Waals surface area (Å²) < 4.78 is 14.3. The molecule has 0 radical (unpaired) electrons. The number of hydrogen-bond donors (Lipinski definition) is 1. The van der Waals surface area contributed by atoms with Crippen LogP contribution in [0.2, 0.25) is 5.02 Å². The molecule has 1 N–H and O–H groups in total. The lowest BCUT2D eigenvalue weighted by Gasteiger charge is -2.14. The molecule has 19 heavy (non-hydrogen) atoms. The van der Waals surface area contributed by atoms with E-state index in [9.17, 15) is 9.50 Å². The van der Waals surface area contributed by atoms with Crippen molar-refractivity contribution in [1.29, 1.82) is 0 Å². The van der Waals surface area contributed by atoms with E-state index in [1.807, 2.05) is 25.1 Å². The predicted molar refractivity (Wildman–Crippen MR) is 79.0 cm³/mol. The number of halogens is 3. The Morgan fingerprint density at radius 2 is 2.00 bits per heavy atom. The second kappa shape index (κ2) is 6.04. The van der Waals surface area contributed by atoms with Crippen LogP contribution >= 0.6 is 27.5 Å². The topological polar surface area (TPSA) is 20.2 Å². The average Bonchev–Trinajstić information content (AvgIpc) is 2.36. The number of aryl methyl sites for hydroxylation is 1. The van der Waals surface area contributed by atoms with Gasteiger partial charge in [-0.25, -0.2) is 4.39 Å². The summed E-state index contributed by atoms with van der Waals surface area (Å²) in [5.74, 6) is -0.461. The maximum atomic E-state index is 13.4. The molecule has 0 amide bonds. The molecule has 2 aromatic carbocycles. The standard InChI is InChI=1S/C15H13BrClFO/c1-9-2-4-11(16)8-12(9)15(19)7-10-3-5-13(17)14(18)6-10/h2-6,8,15,19H,7H2,1H3. The average molecular weight is 344 g/mol. The molecule has 0 saturated heterocycles. The van der Waals surface area contributed by atoms with Crippen LogP contribution in [0, 0.1) is 12.7 Å². The van der Waals surface area contributed by atoms with Crippen LogP contribution in [0.5, 0.6) is 0 Å². The highest BCUT2D eigenvalue weighted by atomic mass is 79.9. The van der Waals surface area contributed by atoms with Gasteiger partial charge in [0.1, 0.15) is 5.82 Å². The summed E-state index contributed by atoms with van der Waals surface area (Å²) in [7, 11) is 0. The minimum Gasteiger partial charge on any atom is -0.388 e. The maximum absolute atomic E-state index is 13.4. The van der Waals surface area contributed by atoms with Gasteiger partial charge in [0, 0.05) is 10.9 Å². The molecule has 1 atom stereocenters. The molecular formula is C15H13BrClFO. The van der Waals surface area contributed by atoms with Crippen molar-refractivity contribution < 1.29 is 9.50 Å². The van der Waals surface area contributed by atoms with Gasteiger partial charge in [0.15, 0.2) is 0 Å². The van der Waals surface area contributed by atoms with Gasteiger partial charge in [-0.15, -0.1) is 0 Å². The lowest BCUT2D eigenvalue weighted by atomic mass is 9.98. The molecule has 0 aromatic heterocycles. The number of rotatable bonds is 3. The molecule has 0 saturated carbocycles. The van der Waals surface area contributed by atoms with Gasteiger partial charge in [-0.05, 0) is 47.9 Å². The summed E-state index contributed by atoms with van der Waals surface area (Å²) in [6, 6.07) is 10.3. The van der Waals surface area contributed by atoms with Crippen LogP contribution in [-0.4, -0.2) is 5.11 Å². The second-order valence-corrected chi connectivity index (χ2v) is 5.79. The van der Waals surface area contributed by atoms with Crippen LogP contribution in [0.25, 0.3) is 0 Å². The number of hydrogen-bond acceptors (Lipinski definition) is 1. The smallest absolute Gasteiger partial charge is 0.142 e. The molecule has 0 aliphatic rings. The summed E-state index contributed by atoms with van der Waals surface area (Å²) in [4.78, 5) is 0. The Hall–Kier alpha value is -0.900. The van der Waals surface area contributed by atoms with E-state index in [0.717, 1.165) is 15.6 Å². The van der Waals surface area contributed by atoms with Crippen molar-refractivity contribution in [3.63, 3.8) is 0 Å². The van der Waals surface area contributed by atoms with E-state index in [4.69, 9.17) is 11.6 Å². The Labute approximate surface area is 125 Å². The van der Waals surface area contributed by atoms with E-state index in [0.29, 0.717) is 12.0 Å². The van der Waals surface area contributed by atoms with E-state index in [2.05, 4.69) is 15.9 Å². The van der Waals surface area contributed by atoms with Crippen molar-refractivity contribution in [1.82, 2.24) is 0 Å². The zero-order valence-electron chi connectivity index (χ0n) is 10.3. The minimum atomic E-state index is -0.668. The van der Waals surface area contributed by atoms with Crippen LogP contribution < -0.4 is 0 Å². The van der Waals surface area contributed by atoms with Crippen molar-refractivity contribution >= 4 is 27.5 Å². The molecule has 1 unspecified atom stereocenters. The summed E-state index contributed by atoms with van der Waals surface area (Å²) in [5.41, 5.74) is 2.56. The predicted octanol–water partition coefficient (Wildman–Crippen LogP) is 4.83. The van der Waals surface area contributed by atoms with Crippen LogP contribution in [0.3, 0.4) is 0 Å². The summed E-state index contributed by atoms with van der Waals surface area (Å²) in [6.07, 6.45) is -0.316. The van der Waals surface area contributed by atoms with Gasteiger partial charge in [0.05, 0.1) is 11.1 Å². The summed E-state index contributed by atoms with van der Waals surface area (Å²) in [5, 5.41) is 10.4. The Kier molecular flexibility index (Phi) is 4.61. The quantitative estimate of drug-likeness (QED) is 0.846. The van der Waals surface area contributed by atoms with Crippen molar-refractivity contribution in [3.05, 3.63) is 68.4 Å². The Morgan fingerprint density at radius 1 is 1.26 bits per heavy atom. The highest BCUT2D eigenvalue weighted by molar-refractivity contribution is 9.10. The van der Waals surface area contributed by atoms with E-state index in [1.54, 1.807) is 6.07 Å². The van der Waals surface area contributed by atoms with E-state index < -0.39 is 11.9 Å². The monoisotopic (exact) mass is 342 g/mol. The van der Waals surface area contributed by atoms with Crippen molar-refractivity contribution in [3.8, 4) is 0 Å². The molecule has 0 heterocycles. The Balaban J connectivity index is 2.22. The third kappa shape index (κ3) is 3.56. The molecule has 1 nitrogen and oxygen atoms in total. The molecular weight excluding hydrogens is 331 g/mol. The fourth-order valence-corrected chi connectivity index (χ4v) is 2.47. The molecule has 2 rings (SSSR count). The Morgan fingerprint density at radius 3 is 2.68 bits per heavy atom. The van der Waals surface area contributed by atoms with E-state index in [1.165, 1.54) is 12.1 Å². The lowest BCUT2D eigenvalue weighted by molar-refractivity contribution is 0.177. The molecule has 0 fully saturated rings. The number of benzene rings is 2. The fourth-order valence-electron chi connectivity index (χ4n) is 1.97. The SMILES string of the molecule is Cc1ccc(Br)cc1C(O)Cc1ccc(Cl)c(F)c1. The first-order valence-corrected chi connectivity index (χ1v) is 7.02. The molecule has 100 valence electrons. The van der Waals surface area contributed by atoms with E-state index in [-0.39, 0.29) is 5.02 Å². The molecule has 2 aromatic rings. The highest BCUT2D eigenvalue weighted by Gasteiger charge is 2.13. The molecule has 0 spiro atoms. The van der Waals surface area contributed by atoms with Gasteiger partial charge < -0.3 is 5.11 Å². The number of aliphatic hydroxyl groups is 1. The lowest BCUT2D eigenvalue weighted by Crippen LogP contribution is -2.04. The normalized spacial score (nSPS) is 12.5. The van der Waals surface area contributed by atoms with Gasteiger partial charge in [-0.2, -0.15) is 0 Å². The fraction of sp³-hybridized carbons (Fsp3) is 0.200. The zero-order valence-corrected chi connectivity index (χ0v) is 12.7. The van der Waals surface area contributed by atoms with Crippen LogP contribution in [0.15, 0.2) is 40.9 Å². The highest BCUT2D eigenvalue weighted by Crippen LogP contribution is 2.26. The summed E-state index contributed by atoms with van der Waals surface area (Å²) >= 11 is 9.02. The van der Waals surface area contributed by atoms with Gasteiger partial charge >= 0.3 is 0 Å². The first-order chi connectivity index (χ1) is 8.97. The van der Waals surface area contributed by atoms with Crippen LogP contribution in [0.1, 0.15) is 22.8 Å². The first kappa shape index (κ1) is 14.5. The second-order valence-electron chi connectivity index (χ2n) is 4.47. The van der Waals surface area contributed by atoms with Crippen molar-refractivity contribution in [2.75, 3.05) is 0 Å². The third-order valence-electron chi connectivity index (χ3n) is 3.01. The largest absolute Gasteiger partial charge is 0.388 e. The Bertz CT molecular complexity index is 601. The molecule has 0 aliphatic carbocycles. The zero-order chi connectivity index (χ0) is 14.0. The van der Waals surface area contributed by atoms with Crippen molar-refractivity contribution in [2.24, 2.45) is 0 Å². The third-order valence-corrected chi connectivity index (χ3v) is 3.81. The number of aliphatic hydroxyl groups excluding tert-OH is 1.